The van der Waals surface area contributed by atoms with Crippen molar-refractivity contribution in [2.24, 2.45) is 0 Å². The van der Waals surface area contributed by atoms with Gasteiger partial charge in [0.25, 0.3) is 5.19 Å². The van der Waals surface area contributed by atoms with Crippen LogP contribution in [0.1, 0.15) is 0 Å². The van der Waals surface area contributed by atoms with Crippen LogP contribution in [-0.4, -0.2) is 11.3 Å². The molecule has 0 spiro atoms. The van der Waals surface area contributed by atoms with E-state index in [1.807, 2.05) is 0 Å². The Labute approximate surface area is 93.1 Å². The van der Waals surface area contributed by atoms with Crippen molar-refractivity contribution in [3.05, 3.63) is 24.3 Å². The molecule has 0 aliphatic carbocycles. The molecule has 0 aliphatic rings. The van der Waals surface area contributed by atoms with Gasteiger partial charge < -0.3 is 4.74 Å². The lowest BCUT2D eigenvalue weighted by Crippen LogP contribution is -2.16. The van der Waals surface area contributed by atoms with Gasteiger partial charge in [0.2, 0.25) is 0 Å². The SMILES string of the molecule is Cl.FC(F)(F)Oc1nc2ccccc2s1. The minimum absolute atomic E-state index is 0. The Hall–Kier alpha value is -1.01. The molecule has 0 atom stereocenters. The van der Waals surface area contributed by atoms with Crippen molar-refractivity contribution in [3.63, 3.8) is 0 Å². The highest BCUT2D eigenvalue weighted by Crippen LogP contribution is 2.31. The first-order valence-corrected chi connectivity index (χ1v) is 4.47. The molecule has 0 aliphatic heterocycles. The van der Waals surface area contributed by atoms with Crippen LogP contribution in [-0.2, 0) is 0 Å². The number of rotatable bonds is 1. The monoisotopic (exact) mass is 255 g/mol. The van der Waals surface area contributed by atoms with Gasteiger partial charge in [0.15, 0.2) is 0 Å². The topological polar surface area (TPSA) is 22.1 Å². The summed E-state index contributed by atoms with van der Waals surface area (Å²) in [5.74, 6) is 0. The summed E-state index contributed by atoms with van der Waals surface area (Å²) in [7, 11) is 0. The van der Waals surface area contributed by atoms with Crippen LogP contribution >= 0.6 is 23.7 Å². The second kappa shape index (κ2) is 4.24. The number of hydrogen-bond donors (Lipinski definition) is 0. The van der Waals surface area contributed by atoms with Gasteiger partial charge in [-0.25, -0.2) is 4.98 Å². The van der Waals surface area contributed by atoms with Gasteiger partial charge in [0.05, 0.1) is 10.2 Å². The molecule has 0 saturated carbocycles. The summed E-state index contributed by atoms with van der Waals surface area (Å²) < 4.78 is 39.8. The van der Waals surface area contributed by atoms with E-state index in [0.717, 1.165) is 11.3 Å². The Morgan fingerprint density at radius 2 is 1.87 bits per heavy atom. The smallest absolute Gasteiger partial charge is 0.378 e. The van der Waals surface area contributed by atoms with Crippen molar-refractivity contribution in [2.45, 2.75) is 6.36 Å². The number of aromatic nitrogens is 1. The third-order valence-electron chi connectivity index (χ3n) is 1.48. The van der Waals surface area contributed by atoms with Crippen molar-refractivity contribution < 1.29 is 17.9 Å². The van der Waals surface area contributed by atoms with E-state index in [2.05, 4.69) is 9.72 Å². The maximum atomic E-state index is 11.8. The lowest BCUT2D eigenvalue weighted by Gasteiger charge is -2.03. The first-order chi connectivity index (χ1) is 6.54. The summed E-state index contributed by atoms with van der Waals surface area (Å²) in [6.45, 7) is 0. The van der Waals surface area contributed by atoms with Gasteiger partial charge in [-0.3, -0.25) is 0 Å². The van der Waals surface area contributed by atoms with Crippen molar-refractivity contribution in [3.8, 4) is 5.19 Å². The molecule has 1 aromatic carbocycles. The highest BCUT2D eigenvalue weighted by Gasteiger charge is 2.32. The molecular weight excluding hydrogens is 251 g/mol. The number of benzene rings is 1. The van der Waals surface area contributed by atoms with Gasteiger partial charge in [-0.2, -0.15) is 0 Å². The summed E-state index contributed by atoms with van der Waals surface area (Å²) in [6, 6.07) is 6.77. The lowest BCUT2D eigenvalue weighted by atomic mass is 10.3. The van der Waals surface area contributed by atoms with Gasteiger partial charge >= 0.3 is 6.36 Å². The Morgan fingerprint density at radius 3 is 2.47 bits per heavy atom. The van der Waals surface area contributed by atoms with E-state index in [1.54, 1.807) is 24.3 Å². The Bertz CT molecular complexity index is 423. The standard InChI is InChI=1S/C8H4F3NOS.ClH/c9-8(10,11)13-7-12-5-3-1-2-4-6(5)14-7;/h1-4H;1H. The summed E-state index contributed by atoms with van der Waals surface area (Å²) in [5, 5.41) is -0.376. The van der Waals surface area contributed by atoms with Crippen LogP contribution in [0.4, 0.5) is 13.2 Å². The summed E-state index contributed by atoms with van der Waals surface area (Å²) in [4.78, 5) is 3.67. The molecule has 2 nitrogen and oxygen atoms in total. The molecule has 2 rings (SSSR count). The second-order valence-corrected chi connectivity index (χ2v) is 3.49. The summed E-state index contributed by atoms with van der Waals surface area (Å²) >= 11 is 0.871. The second-order valence-electron chi connectivity index (χ2n) is 2.50. The third-order valence-corrected chi connectivity index (χ3v) is 2.39. The van der Waals surface area contributed by atoms with Crippen molar-refractivity contribution in [1.82, 2.24) is 4.98 Å². The predicted molar refractivity (Wildman–Crippen MR) is 53.6 cm³/mol. The number of ether oxygens (including phenoxy) is 1. The highest BCUT2D eigenvalue weighted by atomic mass is 35.5. The Kier molecular flexibility index (Phi) is 3.41. The molecule has 0 unspecified atom stereocenters. The number of alkyl halides is 3. The molecule has 0 fully saturated rings. The van der Waals surface area contributed by atoms with Crippen molar-refractivity contribution in [1.29, 1.82) is 0 Å². The number of thiazole rings is 1. The molecule has 0 saturated heterocycles. The number of nitrogens with zero attached hydrogens (tertiary/aromatic N) is 1. The van der Waals surface area contributed by atoms with Crippen LogP contribution < -0.4 is 4.74 Å². The molecule has 0 amide bonds. The van der Waals surface area contributed by atoms with E-state index < -0.39 is 6.36 Å². The number of hydrogen-bond acceptors (Lipinski definition) is 3. The van der Waals surface area contributed by atoms with Gasteiger partial charge in [-0.1, -0.05) is 23.5 Å². The lowest BCUT2D eigenvalue weighted by molar-refractivity contribution is -0.274. The van der Waals surface area contributed by atoms with E-state index in [-0.39, 0.29) is 17.6 Å². The largest absolute Gasteiger partial charge is 0.574 e. The minimum Gasteiger partial charge on any atom is -0.378 e. The quantitative estimate of drug-likeness (QED) is 0.776. The summed E-state index contributed by atoms with van der Waals surface area (Å²) in [5.41, 5.74) is 0.511. The molecule has 0 N–H and O–H groups in total. The van der Waals surface area contributed by atoms with Crippen LogP contribution in [0.15, 0.2) is 24.3 Å². The fraction of sp³-hybridized carbons (Fsp3) is 0.125. The van der Waals surface area contributed by atoms with Crippen LogP contribution in [0.25, 0.3) is 10.2 Å². The molecule has 1 heterocycles. The average Bonchev–Trinajstić information content (AvgIpc) is 2.42. The van der Waals surface area contributed by atoms with Gasteiger partial charge in [-0.15, -0.1) is 25.6 Å². The van der Waals surface area contributed by atoms with E-state index >= 15 is 0 Å². The molecule has 0 radical (unpaired) electrons. The molecule has 1 aromatic heterocycles. The molecule has 82 valence electrons. The molecular formula is C8H5ClF3NOS. The maximum absolute atomic E-state index is 11.8. The van der Waals surface area contributed by atoms with E-state index in [4.69, 9.17) is 0 Å². The van der Waals surface area contributed by atoms with Crippen LogP contribution in [0.2, 0.25) is 0 Å². The normalized spacial score (nSPS) is 11.1. The van der Waals surface area contributed by atoms with Crippen molar-refractivity contribution in [2.75, 3.05) is 0 Å². The van der Waals surface area contributed by atoms with Crippen LogP contribution in [0, 0.1) is 0 Å². The zero-order valence-corrected chi connectivity index (χ0v) is 8.75. The zero-order chi connectivity index (χ0) is 10.2. The van der Waals surface area contributed by atoms with Gasteiger partial charge in [-0.05, 0) is 12.1 Å². The van der Waals surface area contributed by atoms with Gasteiger partial charge in [0.1, 0.15) is 0 Å². The highest BCUT2D eigenvalue weighted by molar-refractivity contribution is 7.20. The number of fused-ring (bicyclic) bond motifs is 1. The fourth-order valence-electron chi connectivity index (χ4n) is 0.994. The third kappa shape index (κ3) is 2.97. The van der Waals surface area contributed by atoms with Crippen molar-refractivity contribution >= 4 is 34.0 Å². The van der Waals surface area contributed by atoms with Crippen LogP contribution in [0.3, 0.4) is 0 Å². The van der Waals surface area contributed by atoms with E-state index in [0.29, 0.717) is 10.2 Å². The molecule has 15 heavy (non-hydrogen) atoms. The number of para-hydroxylation sites is 1. The molecule has 0 bridgehead atoms. The van der Waals surface area contributed by atoms with Gasteiger partial charge in [0, 0.05) is 0 Å². The molecule has 2 aromatic rings. The first kappa shape index (κ1) is 12.1. The Morgan fingerprint density at radius 1 is 1.20 bits per heavy atom. The van der Waals surface area contributed by atoms with E-state index in [9.17, 15) is 13.2 Å². The summed E-state index contributed by atoms with van der Waals surface area (Å²) in [6.07, 6.45) is -4.67. The number of halogens is 4. The minimum atomic E-state index is -4.67. The maximum Gasteiger partial charge on any atom is 0.574 e. The van der Waals surface area contributed by atoms with E-state index in [1.165, 1.54) is 0 Å². The zero-order valence-electron chi connectivity index (χ0n) is 7.12. The predicted octanol–water partition coefficient (Wildman–Crippen LogP) is 3.62. The first-order valence-electron chi connectivity index (χ1n) is 3.66. The molecule has 7 heteroatoms. The van der Waals surface area contributed by atoms with Crippen LogP contribution in [0.5, 0.6) is 5.19 Å². The fourth-order valence-corrected chi connectivity index (χ4v) is 1.83. The Balaban J connectivity index is 0.00000112. The average molecular weight is 256 g/mol.